The number of carbonyl (C=O) groups is 1. The molecule has 1 aliphatic rings. The van der Waals surface area contributed by atoms with Gasteiger partial charge in [0.2, 0.25) is 0 Å². The number of hydrogen-bond acceptors (Lipinski definition) is 4. The molecule has 2 heterocycles. The number of hydrogen-bond donors (Lipinski definition) is 1. The summed E-state index contributed by atoms with van der Waals surface area (Å²) in [5.41, 5.74) is 2.56. The normalized spacial score (nSPS) is 17.6. The second kappa shape index (κ2) is 7.37. The molecular formula is C19H26N4O2. The van der Waals surface area contributed by atoms with Crippen LogP contribution in [-0.2, 0) is 11.8 Å². The first kappa shape index (κ1) is 17.6. The summed E-state index contributed by atoms with van der Waals surface area (Å²) in [5, 5.41) is 9.89. The van der Waals surface area contributed by atoms with Gasteiger partial charge in [-0.2, -0.15) is 0 Å². The number of aliphatic carboxylic acids is 1. The number of rotatable bonds is 5. The van der Waals surface area contributed by atoms with Crippen molar-refractivity contribution < 1.29 is 9.90 Å². The minimum Gasteiger partial charge on any atom is -0.480 e. The minimum absolute atomic E-state index is 0.652. The molecule has 6 nitrogen and oxygen atoms in total. The molecule has 1 atom stereocenters. The summed E-state index contributed by atoms with van der Waals surface area (Å²) in [4.78, 5) is 21.2. The third kappa shape index (κ3) is 3.45. The molecule has 134 valence electrons. The molecular weight excluding hydrogens is 316 g/mol. The lowest BCUT2D eigenvalue weighted by Gasteiger charge is -2.36. The molecule has 0 amide bonds. The average Bonchev–Trinajstić information content (AvgIpc) is 2.92. The highest BCUT2D eigenvalue weighted by Gasteiger charge is 2.34. The Bertz CT molecular complexity index is 733. The highest BCUT2D eigenvalue weighted by Crippen LogP contribution is 2.29. The van der Waals surface area contributed by atoms with Gasteiger partial charge in [-0.3, -0.25) is 9.69 Å². The number of carboxylic acids is 1. The van der Waals surface area contributed by atoms with E-state index in [4.69, 9.17) is 4.98 Å². The van der Waals surface area contributed by atoms with E-state index in [1.54, 1.807) is 0 Å². The first-order valence-electron chi connectivity index (χ1n) is 8.80. The standard InChI is InChI=1S/C19H26N4O2/c1-4-22-10-12-23(13-11-22)17(19(24)25)16-14(2)21(3)18(20-16)15-8-6-5-7-9-15/h5-9,17H,4,10-13H2,1-3H3,(H,24,25). The summed E-state index contributed by atoms with van der Waals surface area (Å²) in [7, 11) is 1.95. The molecule has 6 heteroatoms. The molecule has 1 aromatic heterocycles. The van der Waals surface area contributed by atoms with Crippen LogP contribution in [-0.4, -0.2) is 63.2 Å². The summed E-state index contributed by atoms with van der Waals surface area (Å²) in [6.07, 6.45) is 0. The van der Waals surface area contributed by atoms with Crippen LogP contribution in [0.2, 0.25) is 0 Å². The van der Waals surface area contributed by atoms with Crippen LogP contribution < -0.4 is 0 Å². The Morgan fingerprint density at radius 1 is 1.20 bits per heavy atom. The highest BCUT2D eigenvalue weighted by molar-refractivity contribution is 5.76. The number of nitrogens with zero attached hydrogens (tertiary/aromatic N) is 4. The van der Waals surface area contributed by atoms with E-state index >= 15 is 0 Å². The van der Waals surface area contributed by atoms with Crippen LogP contribution >= 0.6 is 0 Å². The minimum atomic E-state index is -0.828. The van der Waals surface area contributed by atoms with Crippen molar-refractivity contribution in [1.29, 1.82) is 0 Å². The van der Waals surface area contributed by atoms with E-state index in [0.29, 0.717) is 5.69 Å². The Balaban J connectivity index is 1.94. The Morgan fingerprint density at radius 3 is 2.40 bits per heavy atom. The predicted octanol–water partition coefficient (Wildman–Crippen LogP) is 2.16. The van der Waals surface area contributed by atoms with Crippen molar-refractivity contribution >= 4 is 5.97 Å². The fourth-order valence-electron chi connectivity index (χ4n) is 3.49. The molecule has 1 aromatic carbocycles. The van der Waals surface area contributed by atoms with E-state index < -0.39 is 12.0 Å². The van der Waals surface area contributed by atoms with E-state index in [1.807, 2.05) is 53.8 Å². The molecule has 25 heavy (non-hydrogen) atoms. The van der Waals surface area contributed by atoms with E-state index in [0.717, 1.165) is 49.8 Å². The predicted molar refractivity (Wildman–Crippen MR) is 97.4 cm³/mol. The molecule has 1 fully saturated rings. The molecule has 0 bridgehead atoms. The maximum atomic E-state index is 12.1. The highest BCUT2D eigenvalue weighted by atomic mass is 16.4. The Labute approximate surface area is 148 Å². The van der Waals surface area contributed by atoms with Gasteiger partial charge >= 0.3 is 5.97 Å². The van der Waals surface area contributed by atoms with Crippen LogP contribution in [0.15, 0.2) is 30.3 Å². The molecule has 1 unspecified atom stereocenters. The van der Waals surface area contributed by atoms with Gasteiger partial charge in [0, 0.05) is 44.5 Å². The smallest absolute Gasteiger partial charge is 0.327 e. The van der Waals surface area contributed by atoms with Crippen LogP contribution in [0.25, 0.3) is 11.4 Å². The van der Waals surface area contributed by atoms with Crippen molar-refractivity contribution in [1.82, 2.24) is 19.4 Å². The fourth-order valence-corrected chi connectivity index (χ4v) is 3.49. The Morgan fingerprint density at radius 2 is 1.84 bits per heavy atom. The van der Waals surface area contributed by atoms with Crippen molar-refractivity contribution in [2.24, 2.45) is 7.05 Å². The summed E-state index contributed by atoms with van der Waals surface area (Å²) < 4.78 is 1.99. The first-order chi connectivity index (χ1) is 12.0. The van der Waals surface area contributed by atoms with Crippen LogP contribution in [0.3, 0.4) is 0 Å². The average molecular weight is 342 g/mol. The maximum Gasteiger partial charge on any atom is 0.327 e. The van der Waals surface area contributed by atoms with Crippen molar-refractivity contribution in [2.75, 3.05) is 32.7 Å². The van der Waals surface area contributed by atoms with Gasteiger partial charge in [-0.15, -0.1) is 0 Å². The lowest BCUT2D eigenvalue weighted by atomic mass is 10.1. The van der Waals surface area contributed by atoms with Crippen LogP contribution in [0.4, 0.5) is 0 Å². The third-order valence-corrected chi connectivity index (χ3v) is 5.16. The van der Waals surface area contributed by atoms with Crippen LogP contribution in [0.1, 0.15) is 24.4 Å². The van der Waals surface area contributed by atoms with E-state index in [1.165, 1.54) is 0 Å². The van der Waals surface area contributed by atoms with E-state index in [-0.39, 0.29) is 0 Å². The molecule has 3 rings (SSSR count). The number of benzene rings is 1. The van der Waals surface area contributed by atoms with Gasteiger partial charge in [0.15, 0.2) is 6.04 Å². The second-order valence-corrected chi connectivity index (χ2v) is 6.54. The van der Waals surface area contributed by atoms with Gasteiger partial charge in [-0.25, -0.2) is 4.98 Å². The molecule has 1 saturated heterocycles. The zero-order valence-electron chi connectivity index (χ0n) is 15.1. The Hall–Kier alpha value is -2.18. The lowest BCUT2D eigenvalue weighted by molar-refractivity contribution is -0.144. The zero-order valence-corrected chi connectivity index (χ0v) is 15.1. The summed E-state index contributed by atoms with van der Waals surface area (Å²) in [6, 6.07) is 9.22. The summed E-state index contributed by atoms with van der Waals surface area (Å²) >= 11 is 0. The molecule has 1 N–H and O–H groups in total. The van der Waals surface area contributed by atoms with Gasteiger partial charge in [-0.05, 0) is 13.5 Å². The molecule has 0 aliphatic carbocycles. The van der Waals surface area contributed by atoms with Crippen molar-refractivity contribution in [3.8, 4) is 11.4 Å². The number of imidazole rings is 1. The molecule has 1 aliphatic heterocycles. The largest absolute Gasteiger partial charge is 0.480 e. The van der Waals surface area contributed by atoms with Crippen molar-refractivity contribution in [3.05, 3.63) is 41.7 Å². The third-order valence-electron chi connectivity index (χ3n) is 5.16. The first-order valence-corrected chi connectivity index (χ1v) is 8.80. The quantitative estimate of drug-likeness (QED) is 0.902. The fraction of sp³-hybridized carbons (Fsp3) is 0.474. The number of carboxylic acid groups (broad SMARTS) is 1. The maximum absolute atomic E-state index is 12.1. The Kier molecular flexibility index (Phi) is 5.20. The van der Waals surface area contributed by atoms with Crippen molar-refractivity contribution in [2.45, 2.75) is 19.9 Å². The van der Waals surface area contributed by atoms with E-state index in [9.17, 15) is 9.90 Å². The van der Waals surface area contributed by atoms with Crippen LogP contribution in [0, 0.1) is 6.92 Å². The number of likely N-dealkylation sites (N-methyl/N-ethyl adjacent to an activating group) is 1. The van der Waals surface area contributed by atoms with Gasteiger partial charge in [-0.1, -0.05) is 37.3 Å². The SMILES string of the molecule is CCN1CCN(C(C(=O)O)c2nc(-c3ccccc3)n(C)c2C)CC1. The number of piperazine rings is 1. The molecule has 2 aromatic rings. The molecule has 0 saturated carbocycles. The molecule has 0 spiro atoms. The number of aromatic nitrogens is 2. The van der Waals surface area contributed by atoms with Crippen molar-refractivity contribution in [3.63, 3.8) is 0 Å². The monoisotopic (exact) mass is 342 g/mol. The topological polar surface area (TPSA) is 61.6 Å². The second-order valence-electron chi connectivity index (χ2n) is 6.54. The van der Waals surface area contributed by atoms with Gasteiger partial charge in [0.1, 0.15) is 5.82 Å². The van der Waals surface area contributed by atoms with Gasteiger partial charge < -0.3 is 14.6 Å². The summed E-state index contributed by atoms with van der Waals surface area (Å²) in [5.74, 6) is -0.0164. The summed E-state index contributed by atoms with van der Waals surface area (Å²) in [6.45, 7) is 8.40. The van der Waals surface area contributed by atoms with Gasteiger partial charge in [0.25, 0.3) is 0 Å². The van der Waals surface area contributed by atoms with Crippen LogP contribution in [0.5, 0.6) is 0 Å². The lowest BCUT2D eigenvalue weighted by Crippen LogP contribution is -2.49. The molecule has 0 radical (unpaired) electrons. The van der Waals surface area contributed by atoms with E-state index in [2.05, 4.69) is 11.8 Å². The zero-order chi connectivity index (χ0) is 18.0. The van der Waals surface area contributed by atoms with Gasteiger partial charge in [0.05, 0.1) is 5.69 Å².